The van der Waals surface area contributed by atoms with Crippen molar-refractivity contribution in [3.8, 4) is 0 Å². The molecule has 0 aromatic carbocycles. The molecular formula is C65H120O14. The lowest BCUT2D eigenvalue weighted by molar-refractivity contribution is -0.332. The van der Waals surface area contributed by atoms with Gasteiger partial charge in [-0.2, -0.15) is 0 Å². The summed E-state index contributed by atoms with van der Waals surface area (Å²) in [6, 6.07) is 0. The maximum Gasteiger partial charge on any atom is 0.306 e. The molecule has 14 nitrogen and oxygen atoms in total. The molecule has 0 spiro atoms. The summed E-state index contributed by atoms with van der Waals surface area (Å²) in [6.45, 7) is 3.72. The van der Waals surface area contributed by atoms with Gasteiger partial charge in [-0.05, 0) is 70.6 Å². The maximum atomic E-state index is 13.1. The molecule has 2 rings (SSSR count). The standard InChI is InChI=1S/C65H120O14/c1-3-5-7-9-11-13-15-17-19-21-23-25-26-27-28-29-30-32-34-36-38-40-42-44-46-48-57(67)77-54(51-74-49-47-45-43-41-39-37-35-33-31-24-22-20-18-16-14-12-10-8-6-4-2)52-75-64-63(73)61(71)59(69)56(79-64)53-76-65-62(72)60(70)58(68)55(50-66)78-65/h15,17-18,20-21,23,54-56,58-66,68-73H,3-14,16,19,22,24-53H2,1-2H3/b17-15-,20-18-,23-21-. The molecule has 79 heavy (non-hydrogen) atoms. The van der Waals surface area contributed by atoms with E-state index in [0.717, 1.165) is 44.9 Å². The van der Waals surface area contributed by atoms with E-state index in [9.17, 15) is 40.5 Å². The summed E-state index contributed by atoms with van der Waals surface area (Å²) in [6.07, 6.45) is 46.3. The van der Waals surface area contributed by atoms with Gasteiger partial charge < -0.3 is 64.2 Å². The Balaban J connectivity index is 1.66. The summed E-state index contributed by atoms with van der Waals surface area (Å²) < 4.78 is 34.5. The third-order valence-corrected chi connectivity index (χ3v) is 15.6. The Bertz CT molecular complexity index is 1450. The van der Waals surface area contributed by atoms with Gasteiger partial charge in [0.2, 0.25) is 0 Å². The molecule has 11 unspecified atom stereocenters. The van der Waals surface area contributed by atoms with Crippen LogP contribution in [0.1, 0.15) is 271 Å². The van der Waals surface area contributed by atoms with Gasteiger partial charge in [-0.3, -0.25) is 4.79 Å². The molecule has 7 N–H and O–H groups in total. The molecule has 14 heteroatoms. The minimum atomic E-state index is -1.71. The van der Waals surface area contributed by atoms with Crippen molar-refractivity contribution in [2.45, 2.75) is 338 Å². The Labute approximate surface area is 480 Å². The number of allylic oxidation sites excluding steroid dienone is 6. The maximum absolute atomic E-state index is 13.1. The van der Waals surface area contributed by atoms with Crippen molar-refractivity contribution >= 4 is 5.97 Å². The van der Waals surface area contributed by atoms with Crippen LogP contribution in [-0.2, 0) is 33.2 Å². The molecule has 11 atom stereocenters. The number of aliphatic hydroxyl groups excluding tert-OH is 7. The van der Waals surface area contributed by atoms with Crippen LogP contribution in [0.3, 0.4) is 0 Å². The third-order valence-electron chi connectivity index (χ3n) is 15.6. The van der Waals surface area contributed by atoms with Crippen LogP contribution in [-0.4, -0.2) is 142 Å². The molecule has 2 aliphatic rings. The van der Waals surface area contributed by atoms with Crippen LogP contribution in [0.15, 0.2) is 36.5 Å². The molecule has 2 aliphatic heterocycles. The molecule has 0 aromatic rings. The molecule has 0 radical (unpaired) electrons. The molecule has 464 valence electrons. The normalized spacial score (nSPS) is 24.2. The average Bonchev–Trinajstić information content (AvgIpc) is 3.46. The monoisotopic (exact) mass is 1120 g/mol. The molecule has 2 fully saturated rings. The second-order valence-electron chi connectivity index (χ2n) is 22.9. The molecule has 0 aromatic heterocycles. The van der Waals surface area contributed by atoms with E-state index >= 15 is 0 Å². The van der Waals surface area contributed by atoms with E-state index in [2.05, 4.69) is 50.3 Å². The van der Waals surface area contributed by atoms with Gasteiger partial charge in [-0.25, -0.2) is 0 Å². The highest BCUT2D eigenvalue weighted by Gasteiger charge is 2.47. The summed E-state index contributed by atoms with van der Waals surface area (Å²) in [4.78, 5) is 13.1. The van der Waals surface area contributed by atoms with Crippen LogP contribution in [0, 0.1) is 0 Å². The lowest BCUT2D eigenvalue weighted by atomic mass is 9.98. The molecular weight excluding hydrogens is 1000 g/mol. The van der Waals surface area contributed by atoms with Crippen molar-refractivity contribution in [2.24, 2.45) is 0 Å². The highest BCUT2D eigenvalue weighted by molar-refractivity contribution is 5.69. The predicted octanol–water partition coefficient (Wildman–Crippen LogP) is 12.9. The van der Waals surface area contributed by atoms with Gasteiger partial charge in [0.15, 0.2) is 12.6 Å². The van der Waals surface area contributed by atoms with Crippen molar-refractivity contribution in [3.05, 3.63) is 36.5 Å². The van der Waals surface area contributed by atoms with Crippen LogP contribution in [0.5, 0.6) is 0 Å². The Morgan fingerprint density at radius 2 is 0.785 bits per heavy atom. The van der Waals surface area contributed by atoms with Gasteiger partial charge in [-0.15, -0.1) is 0 Å². The number of aliphatic hydroxyl groups is 7. The molecule has 0 aliphatic carbocycles. The van der Waals surface area contributed by atoms with Crippen LogP contribution in [0.4, 0.5) is 0 Å². The highest BCUT2D eigenvalue weighted by atomic mass is 16.7. The summed E-state index contributed by atoms with van der Waals surface area (Å²) in [5, 5.41) is 72.5. The molecule has 0 saturated carbocycles. The van der Waals surface area contributed by atoms with Crippen LogP contribution in [0.2, 0.25) is 0 Å². The average molecular weight is 1130 g/mol. The summed E-state index contributed by atoms with van der Waals surface area (Å²) >= 11 is 0. The van der Waals surface area contributed by atoms with E-state index in [1.54, 1.807) is 0 Å². The van der Waals surface area contributed by atoms with Crippen molar-refractivity contribution in [1.29, 1.82) is 0 Å². The summed E-state index contributed by atoms with van der Waals surface area (Å²) in [5.74, 6) is -0.373. The Morgan fingerprint density at radius 1 is 0.418 bits per heavy atom. The summed E-state index contributed by atoms with van der Waals surface area (Å²) in [7, 11) is 0. The minimum Gasteiger partial charge on any atom is -0.457 e. The Kier molecular flexibility index (Phi) is 48.1. The number of carbonyl (C=O) groups excluding carboxylic acids is 1. The number of ether oxygens (including phenoxy) is 6. The first-order valence-electron chi connectivity index (χ1n) is 32.6. The SMILES string of the molecule is CCCCCCC/C=C\C/C=C\CCCCCCCCCCCCCCCC(=O)OC(COCCCCCCCCCCCC/C=C\CCCCCCCC)COC1OC(COC2OC(CO)C(O)C(O)C2O)C(O)C(O)C1O. The van der Waals surface area contributed by atoms with E-state index in [0.29, 0.717) is 13.0 Å². The fourth-order valence-corrected chi connectivity index (χ4v) is 10.4. The zero-order valence-corrected chi connectivity index (χ0v) is 50.1. The van der Waals surface area contributed by atoms with E-state index in [4.69, 9.17) is 28.4 Å². The molecule has 0 amide bonds. The molecule has 2 heterocycles. The summed E-state index contributed by atoms with van der Waals surface area (Å²) in [5.41, 5.74) is 0. The largest absolute Gasteiger partial charge is 0.457 e. The quantitative estimate of drug-likeness (QED) is 0.0172. The highest BCUT2D eigenvalue weighted by Crippen LogP contribution is 2.27. The van der Waals surface area contributed by atoms with Crippen molar-refractivity contribution in [2.75, 3.05) is 33.0 Å². The number of hydrogen-bond donors (Lipinski definition) is 7. The second-order valence-corrected chi connectivity index (χ2v) is 22.9. The molecule has 0 bridgehead atoms. The smallest absolute Gasteiger partial charge is 0.306 e. The van der Waals surface area contributed by atoms with Gasteiger partial charge in [-0.1, -0.05) is 230 Å². The van der Waals surface area contributed by atoms with Crippen molar-refractivity contribution in [1.82, 2.24) is 0 Å². The van der Waals surface area contributed by atoms with Gasteiger partial charge in [0.05, 0.1) is 26.4 Å². The predicted molar refractivity (Wildman–Crippen MR) is 316 cm³/mol. The topological polar surface area (TPSA) is 214 Å². The van der Waals surface area contributed by atoms with E-state index in [-0.39, 0.29) is 25.6 Å². The number of carbonyl (C=O) groups is 1. The number of rotatable bonds is 54. The number of esters is 1. The fraction of sp³-hybridized carbons (Fsp3) is 0.892. The Hall–Kier alpha value is -1.79. The lowest BCUT2D eigenvalue weighted by Gasteiger charge is -2.42. The van der Waals surface area contributed by atoms with E-state index < -0.39 is 80.7 Å². The van der Waals surface area contributed by atoms with E-state index in [1.165, 1.54) is 199 Å². The van der Waals surface area contributed by atoms with Gasteiger partial charge >= 0.3 is 5.97 Å². The third kappa shape index (κ3) is 37.9. The van der Waals surface area contributed by atoms with Crippen molar-refractivity contribution in [3.63, 3.8) is 0 Å². The van der Waals surface area contributed by atoms with Gasteiger partial charge in [0.25, 0.3) is 0 Å². The lowest BCUT2D eigenvalue weighted by Crippen LogP contribution is -2.61. The van der Waals surface area contributed by atoms with Gasteiger partial charge in [0.1, 0.15) is 54.9 Å². The molecule has 2 saturated heterocycles. The second kappa shape index (κ2) is 51.8. The van der Waals surface area contributed by atoms with Crippen LogP contribution < -0.4 is 0 Å². The van der Waals surface area contributed by atoms with Crippen molar-refractivity contribution < 1.29 is 69.0 Å². The van der Waals surface area contributed by atoms with Gasteiger partial charge in [0, 0.05) is 13.0 Å². The first-order chi connectivity index (χ1) is 38.6. The first-order valence-corrected chi connectivity index (χ1v) is 32.6. The zero-order valence-electron chi connectivity index (χ0n) is 50.1. The number of hydrogen-bond acceptors (Lipinski definition) is 14. The fourth-order valence-electron chi connectivity index (χ4n) is 10.4. The van der Waals surface area contributed by atoms with Crippen LogP contribution >= 0.6 is 0 Å². The Morgan fingerprint density at radius 3 is 1.23 bits per heavy atom. The number of unbranched alkanes of at least 4 members (excludes halogenated alkanes) is 34. The van der Waals surface area contributed by atoms with Crippen LogP contribution in [0.25, 0.3) is 0 Å². The van der Waals surface area contributed by atoms with E-state index in [1.807, 2.05) is 0 Å². The zero-order chi connectivity index (χ0) is 57.2. The minimum absolute atomic E-state index is 0.0630. The first kappa shape index (κ1) is 73.3.